The molecule has 1 heterocycles. The number of nitrogens with zero attached hydrogens (tertiary/aromatic N) is 3. The maximum atomic E-state index is 13.1. The summed E-state index contributed by atoms with van der Waals surface area (Å²) in [5.41, 5.74) is 0.399. The average Bonchev–Trinajstić information content (AvgIpc) is 2.88. The van der Waals surface area contributed by atoms with E-state index in [4.69, 9.17) is 16.3 Å². The Labute approximate surface area is 207 Å². The van der Waals surface area contributed by atoms with Crippen LogP contribution in [-0.2, 0) is 9.84 Å². The first-order valence-electron chi connectivity index (χ1n) is 10.7. The number of halogens is 1. The van der Waals surface area contributed by atoms with Crippen molar-refractivity contribution in [1.29, 1.82) is 0 Å². The van der Waals surface area contributed by atoms with Crippen molar-refractivity contribution in [2.45, 2.75) is 9.79 Å². The van der Waals surface area contributed by atoms with Crippen LogP contribution in [0.2, 0.25) is 5.02 Å². The maximum absolute atomic E-state index is 13.1. The van der Waals surface area contributed by atoms with Crippen LogP contribution < -0.4 is 9.64 Å². The summed E-state index contributed by atoms with van der Waals surface area (Å²) in [5, 5.41) is 11.9. The number of carbonyl (C=O) groups excluding carboxylic acids is 1. The fourth-order valence-electron chi connectivity index (χ4n) is 3.92. The lowest BCUT2D eigenvalue weighted by Gasteiger charge is -2.36. The second-order valence-corrected chi connectivity index (χ2v) is 10.2. The fraction of sp³-hybridized carbons (Fsp3) is 0.208. The molecule has 0 radical (unpaired) electrons. The van der Waals surface area contributed by atoms with Crippen molar-refractivity contribution in [3.8, 4) is 5.75 Å². The molecule has 35 heavy (non-hydrogen) atoms. The van der Waals surface area contributed by atoms with Crippen molar-refractivity contribution in [2.75, 3.05) is 38.2 Å². The van der Waals surface area contributed by atoms with Crippen LogP contribution in [-0.4, -0.2) is 57.4 Å². The summed E-state index contributed by atoms with van der Waals surface area (Å²) < 4.78 is 31.2. The molecule has 9 nitrogen and oxygen atoms in total. The number of benzene rings is 3. The van der Waals surface area contributed by atoms with Crippen LogP contribution in [0, 0.1) is 10.1 Å². The highest BCUT2D eigenvalue weighted by molar-refractivity contribution is 7.91. The van der Waals surface area contributed by atoms with Gasteiger partial charge < -0.3 is 14.5 Å². The van der Waals surface area contributed by atoms with Crippen molar-refractivity contribution in [3.05, 3.63) is 87.4 Å². The Morgan fingerprint density at radius 2 is 1.69 bits per heavy atom. The minimum atomic E-state index is -4.21. The second-order valence-electron chi connectivity index (χ2n) is 7.88. The lowest BCUT2D eigenvalue weighted by atomic mass is 10.1. The number of hydrogen-bond donors (Lipinski definition) is 0. The molecular weight excluding hydrogens is 494 g/mol. The number of hydrogen-bond acceptors (Lipinski definition) is 7. The molecule has 4 rings (SSSR count). The average molecular weight is 516 g/mol. The van der Waals surface area contributed by atoms with Crippen molar-refractivity contribution in [1.82, 2.24) is 4.90 Å². The van der Waals surface area contributed by atoms with E-state index in [2.05, 4.69) is 4.90 Å². The van der Waals surface area contributed by atoms with Gasteiger partial charge in [0.05, 0.1) is 16.9 Å². The van der Waals surface area contributed by atoms with E-state index in [1.54, 1.807) is 12.0 Å². The van der Waals surface area contributed by atoms with Crippen LogP contribution in [0.25, 0.3) is 0 Å². The zero-order valence-corrected chi connectivity index (χ0v) is 20.3. The number of sulfone groups is 1. The Balaban J connectivity index is 1.54. The van der Waals surface area contributed by atoms with Crippen LogP contribution in [0.1, 0.15) is 10.4 Å². The molecule has 0 aromatic heterocycles. The zero-order chi connectivity index (χ0) is 25.2. The van der Waals surface area contributed by atoms with Crippen LogP contribution in [0.5, 0.6) is 5.75 Å². The van der Waals surface area contributed by atoms with Gasteiger partial charge >= 0.3 is 0 Å². The number of ether oxygens (including phenoxy) is 1. The summed E-state index contributed by atoms with van der Waals surface area (Å²) in [7, 11) is -2.61. The summed E-state index contributed by atoms with van der Waals surface area (Å²) in [5.74, 6) is 0.360. The Hall–Kier alpha value is -3.63. The predicted molar refractivity (Wildman–Crippen MR) is 131 cm³/mol. The van der Waals surface area contributed by atoms with Gasteiger partial charge in [0.15, 0.2) is 0 Å². The number of methoxy groups -OCH3 is 1. The third-order valence-corrected chi connectivity index (χ3v) is 7.84. The molecule has 1 amide bonds. The van der Waals surface area contributed by atoms with E-state index in [1.165, 1.54) is 30.3 Å². The van der Waals surface area contributed by atoms with Gasteiger partial charge in [0.25, 0.3) is 11.6 Å². The molecule has 0 bridgehead atoms. The van der Waals surface area contributed by atoms with E-state index in [-0.39, 0.29) is 15.5 Å². The first kappa shape index (κ1) is 24.5. The molecule has 0 saturated carbocycles. The van der Waals surface area contributed by atoms with Gasteiger partial charge in [-0.15, -0.1) is 0 Å². The first-order valence-corrected chi connectivity index (χ1v) is 12.5. The quantitative estimate of drug-likeness (QED) is 0.359. The lowest BCUT2D eigenvalue weighted by Crippen LogP contribution is -2.48. The first-order chi connectivity index (χ1) is 16.7. The molecule has 0 unspecified atom stereocenters. The molecule has 1 fully saturated rings. The van der Waals surface area contributed by atoms with E-state index in [0.29, 0.717) is 26.2 Å². The minimum absolute atomic E-state index is 0.0552. The maximum Gasteiger partial charge on any atom is 0.289 e. The predicted octanol–water partition coefficient (Wildman–Crippen LogP) is 4.05. The van der Waals surface area contributed by atoms with Crippen molar-refractivity contribution >= 4 is 38.7 Å². The van der Waals surface area contributed by atoms with Crippen LogP contribution in [0.3, 0.4) is 0 Å². The number of nitro groups is 1. The highest BCUT2D eigenvalue weighted by atomic mass is 35.5. The lowest BCUT2D eigenvalue weighted by molar-refractivity contribution is -0.387. The Morgan fingerprint density at radius 1 is 1.00 bits per heavy atom. The molecule has 0 N–H and O–H groups in total. The summed E-state index contributed by atoms with van der Waals surface area (Å²) in [6.07, 6.45) is 0. The SMILES string of the molecule is COc1ccc(N2CCN(C(=O)c3ccc(S(=O)(=O)c4cccc(Cl)c4)c([N+](=O)[O-])c3)CC2)cc1. The van der Waals surface area contributed by atoms with Gasteiger partial charge in [0, 0.05) is 48.5 Å². The van der Waals surface area contributed by atoms with Crippen LogP contribution in [0.4, 0.5) is 11.4 Å². The Morgan fingerprint density at radius 3 is 2.29 bits per heavy atom. The minimum Gasteiger partial charge on any atom is -0.497 e. The molecule has 1 aliphatic rings. The third kappa shape index (κ3) is 5.08. The normalized spacial score (nSPS) is 14.0. The monoisotopic (exact) mass is 515 g/mol. The van der Waals surface area contributed by atoms with Crippen molar-refractivity contribution in [3.63, 3.8) is 0 Å². The van der Waals surface area contributed by atoms with Crippen LogP contribution >= 0.6 is 11.6 Å². The number of carbonyl (C=O) groups is 1. The van der Waals surface area contributed by atoms with Gasteiger partial charge in [0.1, 0.15) is 10.6 Å². The highest BCUT2D eigenvalue weighted by Crippen LogP contribution is 2.32. The molecular formula is C24H22ClN3O6S. The van der Waals surface area contributed by atoms with Gasteiger partial charge in [0.2, 0.25) is 9.84 Å². The number of amides is 1. The van der Waals surface area contributed by atoms with E-state index < -0.39 is 31.3 Å². The summed E-state index contributed by atoms with van der Waals surface area (Å²) >= 11 is 5.90. The Bertz CT molecular complexity index is 1370. The number of piperazine rings is 1. The van der Waals surface area contributed by atoms with Crippen LogP contribution in [0.15, 0.2) is 76.5 Å². The molecule has 182 valence electrons. The van der Waals surface area contributed by atoms with Gasteiger partial charge in [-0.05, 0) is 54.6 Å². The molecule has 11 heteroatoms. The van der Waals surface area contributed by atoms with E-state index in [9.17, 15) is 23.3 Å². The summed E-state index contributed by atoms with van der Waals surface area (Å²) in [6, 6.07) is 16.5. The standard InChI is InChI=1S/C24H22ClN3O6S/c1-34-20-8-6-19(7-9-20)26-11-13-27(14-12-26)24(29)17-5-10-23(22(15-17)28(30)31)35(32,33)21-4-2-3-18(25)16-21/h2-10,15-16H,11-14H2,1H3. The van der Waals surface area contributed by atoms with Crippen molar-refractivity contribution in [2.24, 2.45) is 0 Å². The second kappa shape index (κ2) is 9.93. The summed E-state index contributed by atoms with van der Waals surface area (Å²) in [6.45, 7) is 2.01. The third-order valence-electron chi connectivity index (χ3n) is 5.80. The van der Waals surface area contributed by atoms with Gasteiger partial charge in [-0.3, -0.25) is 14.9 Å². The molecule has 3 aromatic rings. The molecule has 0 aliphatic carbocycles. The number of rotatable bonds is 6. The van der Waals surface area contributed by atoms with Gasteiger partial charge in [-0.2, -0.15) is 0 Å². The van der Waals surface area contributed by atoms with E-state index in [1.807, 2.05) is 24.3 Å². The molecule has 0 atom stereocenters. The Kier molecular flexibility index (Phi) is 6.95. The largest absolute Gasteiger partial charge is 0.497 e. The van der Waals surface area contributed by atoms with E-state index in [0.717, 1.165) is 23.6 Å². The number of nitro benzene ring substituents is 1. The molecule has 3 aromatic carbocycles. The molecule has 1 aliphatic heterocycles. The fourth-order valence-corrected chi connectivity index (χ4v) is 5.63. The topological polar surface area (TPSA) is 110 Å². The van der Waals surface area contributed by atoms with Crippen molar-refractivity contribution < 1.29 is 22.9 Å². The van der Waals surface area contributed by atoms with Gasteiger partial charge in [-0.25, -0.2) is 8.42 Å². The number of anilines is 1. The molecule has 0 spiro atoms. The smallest absolute Gasteiger partial charge is 0.289 e. The van der Waals surface area contributed by atoms with E-state index >= 15 is 0 Å². The summed E-state index contributed by atoms with van der Waals surface area (Å²) in [4.78, 5) is 27.1. The highest BCUT2D eigenvalue weighted by Gasteiger charge is 2.30. The molecule has 1 saturated heterocycles. The zero-order valence-electron chi connectivity index (χ0n) is 18.8. The van der Waals surface area contributed by atoms with Gasteiger partial charge in [-0.1, -0.05) is 17.7 Å².